The molecule has 3 rings (SSSR count). The molecule has 0 bridgehead atoms. The average Bonchev–Trinajstić information content (AvgIpc) is 3.02. The molecule has 2 aromatic heterocycles. The second-order valence-corrected chi connectivity index (χ2v) is 6.07. The smallest absolute Gasteiger partial charge is 0.387 e. The summed E-state index contributed by atoms with van der Waals surface area (Å²) in [7, 11) is 2.88. The first-order valence-corrected chi connectivity index (χ1v) is 8.38. The Morgan fingerprint density at radius 3 is 2.46 bits per heavy atom. The molecule has 1 aromatic carbocycles. The summed E-state index contributed by atoms with van der Waals surface area (Å²) in [5.74, 6) is 0.321. The van der Waals surface area contributed by atoms with Crippen molar-refractivity contribution < 1.29 is 18.6 Å². The number of hydrogen-bond acceptors (Lipinski definition) is 6. The third-order valence-corrected chi connectivity index (χ3v) is 4.23. The van der Waals surface area contributed by atoms with Crippen molar-refractivity contribution in [3.05, 3.63) is 50.7 Å². The van der Waals surface area contributed by atoms with Gasteiger partial charge in [-0.1, -0.05) is 12.1 Å². The number of ether oxygens (including phenoxy) is 1. The summed E-state index contributed by atoms with van der Waals surface area (Å²) in [6.45, 7) is -2.69. The number of aryl methyl sites for hydroxylation is 1. The first-order chi connectivity index (χ1) is 13.3. The molecule has 2 N–H and O–H groups in total. The van der Waals surface area contributed by atoms with Crippen molar-refractivity contribution in [3.63, 3.8) is 0 Å². The molecule has 0 saturated carbocycles. The first-order valence-electron chi connectivity index (χ1n) is 8.38. The highest BCUT2D eigenvalue weighted by Crippen LogP contribution is 2.20. The van der Waals surface area contributed by atoms with E-state index in [1.54, 1.807) is 16.7 Å². The fraction of sp³-hybridized carbons (Fsp3) is 0.353. The van der Waals surface area contributed by atoms with Crippen molar-refractivity contribution >= 4 is 17.1 Å². The molecule has 28 heavy (non-hydrogen) atoms. The number of nitrogens with one attached hydrogen (secondary N) is 1. The number of hydrogen-bond donors (Lipinski definition) is 2. The van der Waals surface area contributed by atoms with Crippen LogP contribution in [0.1, 0.15) is 5.56 Å². The third kappa shape index (κ3) is 3.60. The van der Waals surface area contributed by atoms with E-state index in [9.17, 15) is 18.4 Å². The predicted molar refractivity (Wildman–Crippen MR) is 98.0 cm³/mol. The van der Waals surface area contributed by atoms with Gasteiger partial charge in [-0.05, 0) is 17.7 Å². The van der Waals surface area contributed by atoms with E-state index >= 15 is 0 Å². The lowest BCUT2D eigenvalue weighted by Gasteiger charge is -2.11. The van der Waals surface area contributed by atoms with Crippen LogP contribution in [0.5, 0.6) is 5.75 Å². The summed E-state index contributed by atoms with van der Waals surface area (Å²) in [5, 5.41) is 12.0. The number of aliphatic hydroxyl groups excluding tert-OH is 1. The van der Waals surface area contributed by atoms with Crippen molar-refractivity contribution in [3.8, 4) is 5.75 Å². The molecule has 0 spiro atoms. The number of alkyl halides is 2. The number of benzene rings is 1. The Kier molecular flexibility index (Phi) is 5.45. The van der Waals surface area contributed by atoms with Gasteiger partial charge in [-0.15, -0.1) is 0 Å². The van der Waals surface area contributed by atoms with Crippen molar-refractivity contribution in [2.24, 2.45) is 14.1 Å². The normalized spacial score (nSPS) is 11.4. The number of fused-ring (bicyclic) bond motifs is 1. The van der Waals surface area contributed by atoms with Crippen molar-refractivity contribution in [1.82, 2.24) is 18.7 Å². The zero-order valence-electron chi connectivity index (χ0n) is 15.2. The van der Waals surface area contributed by atoms with Gasteiger partial charge >= 0.3 is 12.3 Å². The number of nitrogens with zero attached hydrogens (tertiary/aromatic N) is 4. The largest absolute Gasteiger partial charge is 0.435 e. The first kappa shape index (κ1) is 19.5. The van der Waals surface area contributed by atoms with Gasteiger partial charge in [0.15, 0.2) is 11.2 Å². The molecule has 9 nitrogen and oxygen atoms in total. The lowest BCUT2D eigenvalue weighted by Crippen LogP contribution is -2.37. The number of anilines is 1. The van der Waals surface area contributed by atoms with E-state index < -0.39 is 17.9 Å². The average molecular weight is 395 g/mol. The van der Waals surface area contributed by atoms with E-state index in [1.165, 1.54) is 30.8 Å². The topological polar surface area (TPSA) is 103 Å². The lowest BCUT2D eigenvalue weighted by atomic mass is 10.2. The van der Waals surface area contributed by atoms with Crippen LogP contribution in [0.15, 0.2) is 33.9 Å². The number of imidazole rings is 1. The lowest BCUT2D eigenvalue weighted by molar-refractivity contribution is -0.0498. The van der Waals surface area contributed by atoms with Crippen LogP contribution in [0, 0.1) is 0 Å². The molecule has 0 saturated heterocycles. The van der Waals surface area contributed by atoms with Gasteiger partial charge < -0.3 is 15.2 Å². The van der Waals surface area contributed by atoms with Crippen LogP contribution >= 0.6 is 0 Å². The van der Waals surface area contributed by atoms with Crippen molar-refractivity contribution in [1.29, 1.82) is 0 Å². The maximum Gasteiger partial charge on any atom is 0.387 e. The molecule has 3 aromatic rings. The summed E-state index contributed by atoms with van der Waals surface area (Å²) in [5.41, 5.74) is 0.0812. The van der Waals surface area contributed by atoms with Gasteiger partial charge in [0.25, 0.3) is 5.56 Å². The Labute approximate surface area is 157 Å². The minimum Gasteiger partial charge on any atom is -0.435 e. The van der Waals surface area contributed by atoms with Gasteiger partial charge in [0.05, 0.1) is 13.2 Å². The number of rotatable bonds is 7. The van der Waals surface area contributed by atoms with Crippen LogP contribution in [0.4, 0.5) is 14.7 Å². The summed E-state index contributed by atoms with van der Waals surface area (Å²) >= 11 is 0. The van der Waals surface area contributed by atoms with E-state index in [4.69, 9.17) is 5.11 Å². The van der Waals surface area contributed by atoms with Gasteiger partial charge in [0.2, 0.25) is 5.95 Å². The van der Waals surface area contributed by atoms with Gasteiger partial charge in [0, 0.05) is 20.6 Å². The summed E-state index contributed by atoms with van der Waals surface area (Å²) < 4.78 is 32.7. The SMILES string of the molecule is Cn1c(=O)c2c(nc(NCCO)n2Cc2ccc(OC(F)F)cc2)n(C)c1=O. The molecule has 0 radical (unpaired) electrons. The molecule has 0 aliphatic rings. The molecule has 0 amide bonds. The Morgan fingerprint density at radius 1 is 1.18 bits per heavy atom. The molecule has 0 fully saturated rings. The van der Waals surface area contributed by atoms with E-state index in [1.807, 2.05) is 0 Å². The molecule has 0 aliphatic heterocycles. The zero-order valence-corrected chi connectivity index (χ0v) is 15.2. The highest BCUT2D eigenvalue weighted by Gasteiger charge is 2.19. The minimum atomic E-state index is -2.91. The molecular weight excluding hydrogens is 376 g/mol. The third-order valence-electron chi connectivity index (χ3n) is 4.23. The van der Waals surface area contributed by atoms with Gasteiger partial charge in [-0.25, -0.2) is 4.79 Å². The van der Waals surface area contributed by atoms with Gasteiger partial charge in [0.1, 0.15) is 5.75 Å². The van der Waals surface area contributed by atoms with Crippen LogP contribution < -0.4 is 21.3 Å². The molecule has 0 unspecified atom stereocenters. The van der Waals surface area contributed by atoms with Gasteiger partial charge in [-0.3, -0.25) is 18.5 Å². The summed E-state index contributed by atoms with van der Waals surface area (Å²) in [6.07, 6.45) is 0. The Morgan fingerprint density at radius 2 is 1.86 bits per heavy atom. The molecule has 0 atom stereocenters. The molecule has 2 heterocycles. The molecule has 0 aliphatic carbocycles. The fourth-order valence-electron chi connectivity index (χ4n) is 2.86. The minimum absolute atomic E-state index is 0.0196. The van der Waals surface area contributed by atoms with E-state index in [-0.39, 0.29) is 36.6 Å². The monoisotopic (exact) mass is 395 g/mol. The van der Waals surface area contributed by atoms with Crippen LogP contribution in [-0.2, 0) is 20.6 Å². The van der Waals surface area contributed by atoms with Crippen molar-refractivity contribution in [2.75, 3.05) is 18.5 Å². The van der Waals surface area contributed by atoms with Crippen LogP contribution in [0.3, 0.4) is 0 Å². The Bertz CT molecular complexity index is 1100. The number of aromatic nitrogens is 4. The summed E-state index contributed by atoms with van der Waals surface area (Å²) in [6, 6.07) is 5.97. The quantitative estimate of drug-likeness (QED) is 0.604. The predicted octanol–water partition coefficient (Wildman–Crippen LogP) is 0.488. The van der Waals surface area contributed by atoms with Crippen LogP contribution in [-0.4, -0.2) is 43.6 Å². The van der Waals surface area contributed by atoms with Gasteiger partial charge in [-0.2, -0.15) is 13.8 Å². The second-order valence-electron chi connectivity index (χ2n) is 6.07. The highest BCUT2D eigenvalue weighted by molar-refractivity contribution is 5.74. The van der Waals surface area contributed by atoms with Crippen LogP contribution in [0.25, 0.3) is 11.2 Å². The fourth-order valence-corrected chi connectivity index (χ4v) is 2.86. The molecular formula is C17H19F2N5O4. The maximum absolute atomic E-state index is 12.7. The van der Waals surface area contributed by atoms with Crippen molar-refractivity contribution in [2.45, 2.75) is 13.2 Å². The standard InChI is InChI=1S/C17H19F2N5O4/c1-22-13-12(14(26)23(2)17(22)27)24(16(21-13)20-7-8-25)9-10-3-5-11(6-4-10)28-15(18)19/h3-6,15,25H,7-9H2,1-2H3,(H,20,21). The Balaban J connectivity index is 2.10. The van der Waals surface area contributed by atoms with E-state index in [2.05, 4.69) is 15.0 Å². The second kappa shape index (κ2) is 7.80. The highest BCUT2D eigenvalue weighted by atomic mass is 19.3. The summed E-state index contributed by atoms with van der Waals surface area (Å²) in [4.78, 5) is 29.2. The number of aliphatic hydroxyl groups is 1. The number of halogens is 2. The van der Waals surface area contributed by atoms with Crippen LogP contribution in [0.2, 0.25) is 0 Å². The Hall–Kier alpha value is -3.21. The zero-order chi connectivity index (χ0) is 20.4. The molecule has 11 heteroatoms. The maximum atomic E-state index is 12.7. The van der Waals surface area contributed by atoms with E-state index in [0.717, 1.165) is 4.57 Å². The van der Waals surface area contributed by atoms with E-state index in [0.29, 0.717) is 11.5 Å². The molecule has 150 valence electrons.